The van der Waals surface area contributed by atoms with E-state index in [1.165, 1.54) is 6.33 Å². The van der Waals surface area contributed by atoms with Gasteiger partial charge in [-0.15, -0.1) is 0 Å². The first-order chi connectivity index (χ1) is 13.7. The average Bonchev–Trinajstić information content (AvgIpc) is 3.23. The summed E-state index contributed by atoms with van der Waals surface area (Å²) in [6.45, 7) is 0.422. The molecule has 0 atom stereocenters. The molecule has 4 aromatic rings. The van der Waals surface area contributed by atoms with Gasteiger partial charge in [0.1, 0.15) is 23.9 Å². The van der Waals surface area contributed by atoms with Gasteiger partial charge in [-0.25, -0.2) is 9.97 Å². The van der Waals surface area contributed by atoms with E-state index in [0.29, 0.717) is 16.4 Å². The number of likely N-dealkylation sites (N-methyl/N-ethyl adjacent to an activating group) is 1. The fourth-order valence-corrected chi connectivity index (χ4v) is 3.57. The highest BCUT2D eigenvalue weighted by Gasteiger charge is 2.30. The van der Waals surface area contributed by atoms with Crippen molar-refractivity contribution in [3.8, 4) is 11.1 Å². The predicted molar refractivity (Wildman–Crippen MR) is 106 cm³/mol. The lowest BCUT2D eigenvalue weighted by Crippen LogP contribution is -2.18. The van der Waals surface area contributed by atoms with E-state index in [2.05, 4.69) is 20.0 Å². The lowest BCUT2D eigenvalue weighted by atomic mass is 10.1. The van der Waals surface area contributed by atoms with Crippen molar-refractivity contribution >= 4 is 33.5 Å². The third-order valence-corrected chi connectivity index (χ3v) is 4.95. The molecule has 1 aromatic carbocycles. The van der Waals surface area contributed by atoms with Gasteiger partial charge in [0, 0.05) is 23.7 Å². The van der Waals surface area contributed by atoms with Gasteiger partial charge in [-0.3, -0.25) is 4.68 Å². The maximum atomic E-state index is 13.2. The Hall–Kier alpha value is -2.65. The molecule has 0 amide bonds. The fourth-order valence-electron chi connectivity index (χ4n) is 3.34. The van der Waals surface area contributed by atoms with Crippen molar-refractivity contribution in [1.82, 2.24) is 29.2 Å². The minimum atomic E-state index is -4.40. The summed E-state index contributed by atoms with van der Waals surface area (Å²) in [6.07, 6.45) is 0.521. The van der Waals surface area contributed by atoms with Gasteiger partial charge in [-0.05, 0) is 31.8 Å². The third-order valence-electron chi connectivity index (χ3n) is 4.67. The summed E-state index contributed by atoms with van der Waals surface area (Å²) < 4.78 is 42.5. The van der Waals surface area contributed by atoms with Gasteiger partial charge in [0.2, 0.25) is 0 Å². The Morgan fingerprint density at radius 2 is 1.93 bits per heavy atom. The van der Waals surface area contributed by atoms with Gasteiger partial charge in [0.15, 0.2) is 5.15 Å². The molecule has 0 aliphatic rings. The van der Waals surface area contributed by atoms with Crippen LogP contribution in [0, 0.1) is 0 Å². The van der Waals surface area contributed by atoms with Crippen LogP contribution in [0.4, 0.5) is 13.2 Å². The maximum absolute atomic E-state index is 13.2. The maximum Gasteiger partial charge on any atom is 0.406 e. The number of nitrogens with zero attached hydrogens (tertiary/aromatic N) is 6. The van der Waals surface area contributed by atoms with Crippen LogP contribution in [0.1, 0.15) is 0 Å². The predicted octanol–water partition coefficient (Wildman–Crippen LogP) is 4.23. The van der Waals surface area contributed by atoms with E-state index in [9.17, 15) is 13.2 Å². The van der Waals surface area contributed by atoms with E-state index in [0.717, 1.165) is 28.8 Å². The molecule has 6 nitrogen and oxygen atoms in total. The summed E-state index contributed by atoms with van der Waals surface area (Å²) in [5.41, 5.74) is 2.70. The van der Waals surface area contributed by atoms with Crippen LogP contribution >= 0.6 is 11.6 Å². The Morgan fingerprint density at radius 3 is 2.66 bits per heavy atom. The van der Waals surface area contributed by atoms with Crippen LogP contribution in [0.3, 0.4) is 0 Å². The molecule has 29 heavy (non-hydrogen) atoms. The van der Waals surface area contributed by atoms with Crippen molar-refractivity contribution in [1.29, 1.82) is 0 Å². The number of rotatable bonds is 5. The summed E-state index contributed by atoms with van der Waals surface area (Å²) >= 11 is 6.13. The summed E-state index contributed by atoms with van der Waals surface area (Å²) in [6, 6.07) is 5.26. The lowest BCUT2D eigenvalue weighted by Gasteiger charge is -2.11. The normalized spacial score (nSPS) is 12.5. The second kappa shape index (κ2) is 7.31. The van der Waals surface area contributed by atoms with Crippen molar-refractivity contribution < 1.29 is 13.2 Å². The Labute approximate surface area is 169 Å². The van der Waals surface area contributed by atoms with Gasteiger partial charge in [0.25, 0.3) is 0 Å². The second-order valence-electron chi connectivity index (χ2n) is 7.09. The highest BCUT2D eigenvalue weighted by atomic mass is 35.5. The first-order valence-electron chi connectivity index (χ1n) is 8.90. The molecule has 152 valence electrons. The molecule has 3 aromatic heterocycles. The first-order valence-corrected chi connectivity index (χ1v) is 9.27. The molecule has 10 heteroatoms. The number of hydrogen-bond donors (Lipinski definition) is 0. The molecule has 3 heterocycles. The lowest BCUT2D eigenvalue weighted by molar-refractivity contribution is -0.139. The van der Waals surface area contributed by atoms with Gasteiger partial charge in [-0.2, -0.15) is 18.3 Å². The number of aromatic nitrogens is 5. The molecule has 0 aliphatic carbocycles. The summed E-state index contributed by atoms with van der Waals surface area (Å²) in [5.74, 6) is 0. The van der Waals surface area contributed by atoms with Gasteiger partial charge in [-0.1, -0.05) is 17.7 Å². The number of benzene rings is 1. The Kier molecular flexibility index (Phi) is 4.95. The topological polar surface area (TPSA) is 51.8 Å². The first kappa shape index (κ1) is 19.7. The number of alkyl halides is 3. The minimum Gasteiger partial charge on any atom is -0.327 e. The smallest absolute Gasteiger partial charge is 0.327 e. The fraction of sp³-hybridized carbons (Fsp3) is 0.316. The zero-order chi connectivity index (χ0) is 20.8. The molecule has 0 bridgehead atoms. The molecule has 4 rings (SSSR count). The molecule has 0 aliphatic heterocycles. The monoisotopic (exact) mass is 422 g/mol. The standard InChI is InChI=1S/C19H18ClF3N6/c1-27(2)5-6-28-9-13(8-26-28)12-3-4-15-14(7-12)16-17(18(20)25-11-24-16)29(15)10-19(21,22)23/h3-4,7-9,11H,5-6,10H2,1-2H3. The van der Waals surface area contributed by atoms with Crippen LogP contribution in [-0.2, 0) is 13.1 Å². The molecule has 0 unspecified atom stereocenters. The van der Waals surface area contributed by atoms with Crippen molar-refractivity contribution in [3.05, 3.63) is 42.1 Å². The number of hydrogen-bond acceptors (Lipinski definition) is 4. The van der Waals surface area contributed by atoms with Crippen LogP contribution in [0.15, 0.2) is 36.9 Å². The van der Waals surface area contributed by atoms with Crippen molar-refractivity contribution in [2.45, 2.75) is 19.3 Å². The van der Waals surface area contributed by atoms with Crippen molar-refractivity contribution in [3.63, 3.8) is 0 Å². The molecular weight excluding hydrogens is 405 g/mol. The molecule has 0 saturated carbocycles. The largest absolute Gasteiger partial charge is 0.406 e. The van der Waals surface area contributed by atoms with Gasteiger partial charge in [0.05, 0.1) is 18.3 Å². The molecule has 0 radical (unpaired) electrons. The van der Waals surface area contributed by atoms with Crippen molar-refractivity contribution in [2.75, 3.05) is 20.6 Å². The Morgan fingerprint density at radius 1 is 1.14 bits per heavy atom. The number of fused-ring (bicyclic) bond motifs is 3. The van der Waals surface area contributed by atoms with Crippen LogP contribution in [0.5, 0.6) is 0 Å². The highest BCUT2D eigenvalue weighted by molar-refractivity contribution is 6.34. The van der Waals surface area contributed by atoms with E-state index < -0.39 is 12.7 Å². The van der Waals surface area contributed by atoms with Crippen LogP contribution in [-0.4, -0.2) is 56.0 Å². The highest BCUT2D eigenvalue weighted by Crippen LogP contribution is 2.35. The summed E-state index contributed by atoms with van der Waals surface area (Å²) in [7, 11) is 3.98. The van der Waals surface area contributed by atoms with E-state index >= 15 is 0 Å². The molecule has 0 fully saturated rings. The van der Waals surface area contributed by atoms with Crippen LogP contribution in [0.25, 0.3) is 33.1 Å². The summed E-state index contributed by atoms with van der Waals surface area (Å²) in [5, 5.41) is 4.95. The molecule has 0 spiro atoms. The van der Waals surface area contributed by atoms with Gasteiger partial charge >= 0.3 is 6.18 Å². The van der Waals surface area contributed by atoms with Crippen LogP contribution in [0.2, 0.25) is 5.15 Å². The van der Waals surface area contributed by atoms with E-state index in [-0.39, 0.29) is 10.7 Å². The quantitative estimate of drug-likeness (QED) is 0.452. The van der Waals surface area contributed by atoms with Crippen LogP contribution < -0.4 is 0 Å². The number of halogens is 4. The zero-order valence-corrected chi connectivity index (χ0v) is 16.5. The second-order valence-corrected chi connectivity index (χ2v) is 7.45. The average molecular weight is 423 g/mol. The van der Waals surface area contributed by atoms with E-state index in [1.54, 1.807) is 18.3 Å². The third kappa shape index (κ3) is 3.92. The molecule has 0 N–H and O–H groups in total. The zero-order valence-electron chi connectivity index (χ0n) is 15.8. The van der Waals surface area contributed by atoms with Gasteiger partial charge < -0.3 is 9.47 Å². The Balaban J connectivity index is 1.82. The van der Waals surface area contributed by atoms with Crippen molar-refractivity contribution in [2.24, 2.45) is 0 Å². The Bertz CT molecular complexity index is 1180. The SMILES string of the molecule is CN(C)CCn1cc(-c2ccc3c(c2)c2ncnc(Cl)c2n3CC(F)(F)F)cn1. The molecular formula is C19H18ClF3N6. The summed E-state index contributed by atoms with van der Waals surface area (Å²) in [4.78, 5) is 10.1. The van der Waals surface area contributed by atoms with E-state index in [1.807, 2.05) is 31.0 Å². The molecule has 0 saturated heterocycles. The minimum absolute atomic E-state index is 0.00601. The van der Waals surface area contributed by atoms with E-state index in [4.69, 9.17) is 11.6 Å².